The van der Waals surface area contributed by atoms with Crippen LogP contribution >= 0.6 is 15.9 Å². The van der Waals surface area contributed by atoms with Gasteiger partial charge >= 0.3 is 0 Å². The summed E-state index contributed by atoms with van der Waals surface area (Å²) in [6.07, 6.45) is 5.08. The van der Waals surface area contributed by atoms with Crippen LogP contribution in [0.15, 0.2) is 4.60 Å². The minimum absolute atomic E-state index is 0.0758. The van der Waals surface area contributed by atoms with E-state index in [1.807, 2.05) is 7.05 Å². The van der Waals surface area contributed by atoms with E-state index in [1.165, 1.54) is 25.7 Å². The van der Waals surface area contributed by atoms with Crippen molar-refractivity contribution in [3.05, 3.63) is 10.3 Å². The van der Waals surface area contributed by atoms with Crippen LogP contribution in [-0.4, -0.2) is 15.0 Å². The zero-order chi connectivity index (χ0) is 10.1. The molecule has 4 nitrogen and oxygen atoms in total. The van der Waals surface area contributed by atoms with Gasteiger partial charge in [0.25, 0.3) is 0 Å². The van der Waals surface area contributed by atoms with E-state index in [4.69, 9.17) is 5.73 Å². The maximum atomic E-state index is 6.22. The summed E-state index contributed by atoms with van der Waals surface area (Å²) in [6.45, 7) is 0. The van der Waals surface area contributed by atoms with Crippen molar-refractivity contribution in [3.8, 4) is 0 Å². The van der Waals surface area contributed by atoms with E-state index in [1.54, 1.807) is 4.68 Å². The minimum Gasteiger partial charge on any atom is -0.322 e. The predicted octanol–water partition coefficient (Wildman–Crippen LogP) is 1.77. The summed E-state index contributed by atoms with van der Waals surface area (Å²) in [7, 11) is 1.89. The van der Waals surface area contributed by atoms with Crippen LogP contribution in [0.3, 0.4) is 0 Å². The molecule has 1 unspecified atom stereocenters. The van der Waals surface area contributed by atoms with Crippen molar-refractivity contribution >= 4 is 15.9 Å². The van der Waals surface area contributed by atoms with Gasteiger partial charge in [-0.3, -0.25) is 0 Å². The highest BCUT2D eigenvalue weighted by Gasteiger charge is 2.27. The summed E-state index contributed by atoms with van der Waals surface area (Å²) < 4.78 is 2.56. The molecule has 1 fully saturated rings. The Kier molecular flexibility index (Phi) is 2.88. The first kappa shape index (κ1) is 10.1. The average Bonchev–Trinajstić information content (AvgIpc) is 2.75. The van der Waals surface area contributed by atoms with E-state index in [-0.39, 0.29) is 6.04 Å². The average molecular weight is 259 g/mol. The first-order valence-electron chi connectivity index (χ1n) is 5.01. The fraction of sp³-hybridized carbons (Fsp3) is 0.778. The summed E-state index contributed by atoms with van der Waals surface area (Å²) in [4.78, 5) is 0. The Labute approximate surface area is 92.0 Å². The normalized spacial score (nSPS) is 20.2. The standard InChI is InChI=1S/C9H15BrN4/c1-14-8(9(10)12-13-14)7(11)6-4-2-3-5-6/h6-7H,2-5,11H2,1H3. The number of aryl methyl sites for hydroxylation is 1. The summed E-state index contributed by atoms with van der Waals surface area (Å²) in [5.74, 6) is 0.600. The Morgan fingerprint density at radius 3 is 2.64 bits per heavy atom. The van der Waals surface area contributed by atoms with Crippen molar-refractivity contribution in [2.45, 2.75) is 31.7 Å². The van der Waals surface area contributed by atoms with Gasteiger partial charge in [0.2, 0.25) is 0 Å². The lowest BCUT2D eigenvalue weighted by molar-refractivity contribution is 0.421. The van der Waals surface area contributed by atoms with Crippen LogP contribution in [-0.2, 0) is 7.05 Å². The lowest BCUT2D eigenvalue weighted by atomic mass is 9.97. The smallest absolute Gasteiger partial charge is 0.153 e. The van der Waals surface area contributed by atoms with Crippen LogP contribution in [0.5, 0.6) is 0 Å². The zero-order valence-corrected chi connectivity index (χ0v) is 9.87. The number of hydrogen-bond donors (Lipinski definition) is 1. The molecule has 1 heterocycles. The number of halogens is 1. The van der Waals surface area contributed by atoms with Crippen molar-refractivity contribution in [2.75, 3.05) is 0 Å². The van der Waals surface area contributed by atoms with Crippen LogP contribution < -0.4 is 5.73 Å². The summed E-state index contributed by atoms with van der Waals surface area (Å²) in [5, 5.41) is 7.91. The Bertz CT molecular complexity index is 297. The molecule has 0 aromatic carbocycles. The Hall–Kier alpha value is -0.420. The fourth-order valence-electron chi connectivity index (χ4n) is 2.23. The summed E-state index contributed by atoms with van der Waals surface area (Å²) in [6, 6.07) is 0.0758. The molecule has 78 valence electrons. The lowest BCUT2D eigenvalue weighted by Crippen LogP contribution is -2.22. The Morgan fingerprint density at radius 2 is 2.14 bits per heavy atom. The third-order valence-corrected chi connectivity index (χ3v) is 3.61. The van der Waals surface area contributed by atoms with E-state index >= 15 is 0 Å². The number of aromatic nitrogens is 3. The second-order valence-electron chi connectivity index (χ2n) is 3.96. The maximum absolute atomic E-state index is 6.22. The number of nitrogens with zero attached hydrogens (tertiary/aromatic N) is 3. The molecule has 0 saturated heterocycles. The van der Waals surface area contributed by atoms with Crippen molar-refractivity contribution in [1.29, 1.82) is 0 Å². The van der Waals surface area contributed by atoms with E-state index in [9.17, 15) is 0 Å². The Morgan fingerprint density at radius 1 is 1.50 bits per heavy atom. The van der Waals surface area contributed by atoms with Crippen molar-refractivity contribution in [3.63, 3.8) is 0 Å². The molecule has 1 aromatic heterocycles. The predicted molar refractivity (Wildman–Crippen MR) is 57.6 cm³/mol. The van der Waals surface area contributed by atoms with Gasteiger partial charge in [-0.25, -0.2) is 4.68 Å². The van der Waals surface area contributed by atoms with Gasteiger partial charge in [-0.1, -0.05) is 18.1 Å². The van der Waals surface area contributed by atoms with Crippen LogP contribution in [0.25, 0.3) is 0 Å². The molecule has 1 aromatic rings. The van der Waals surface area contributed by atoms with Crippen molar-refractivity contribution < 1.29 is 0 Å². The minimum atomic E-state index is 0.0758. The molecule has 1 aliphatic carbocycles. The van der Waals surface area contributed by atoms with E-state index in [2.05, 4.69) is 26.2 Å². The SMILES string of the molecule is Cn1nnc(Br)c1C(N)C1CCCC1. The summed E-state index contributed by atoms with van der Waals surface area (Å²) in [5.41, 5.74) is 7.24. The number of nitrogens with two attached hydrogens (primary N) is 1. The third-order valence-electron chi connectivity index (χ3n) is 3.05. The first-order chi connectivity index (χ1) is 6.70. The highest BCUT2D eigenvalue weighted by Crippen LogP contribution is 2.35. The van der Waals surface area contributed by atoms with Crippen LogP contribution in [0.2, 0.25) is 0 Å². The van der Waals surface area contributed by atoms with Gasteiger partial charge in [-0.15, -0.1) is 5.10 Å². The molecule has 2 N–H and O–H groups in total. The van der Waals surface area contributed by atoms with Crippen LogP contribution in [0.4, 0.5) is 0 Å². The van der Waals surface area contributed by atoms with E-state index in [0.29, 0.717) is 5.92 Å². The molecule has 1 aliphatic rings. The fourth-order valence-corrected chi connectivity index (χ4v) is 2.82. The largest absolute Gasteiger partial charge is 0.322 e. The van der Waals surface area contributed by atoms with Crippen molar-refractivity contribution in [2.24, 2.45) is 18.7 Å². The van der Waals surface area contributed by atoms with Gasteiger partial charge in [0, 0.05) is 7.05 Å². The summed E-state index contributed by atoms with van der Waals surface area (Å²) >= 11 is 3.39. The lowest BCUT2D eigenvalue weighted by Gasteiger charge is -2.18. The molecule has 14 heavy (non-hydrogen) atoms. The molecule has 0 spiro atoms. The zero-order valence-electron chi connectivity index (χ0n) is 8.28. The molecule has 1 atom stereocenters. The van der Waals surface area contributed by atoms with Crippen LogP contribution in [0, 0.1) is 5.92 Å². The van der Waals surface area contributed by atoms with Gasteiger partial charge in [-0.05, 0) is 34.7 Å². The molecule has 0 bridgehead atoms. The molecule has 0 aliphatic heterocycles. The molecule has 0 radical (unpaired) electrons. The number of rotatable bonds is 2. The highest BCUT2D eigenvalue weighted by molar-refractivity contribution is 9.10. The topological polar surface area (TPSA) is 56.7 Å². The monoisotopic (exact) mass is 258 g/mol. The molecular weight excluding hydrogens is 244 g/mol. The highest BCUT2D eigenvalue weighted by atomic mass is 79.9. The quantitative estimate of drug-likeness (QED) is 0.880. The van der Waals surface area contributed by atoms with Gasteiger partial charge in [0.15, 0.2) is 4.60 Å². The third kappa shape index (κ3) is 1.70. The van der Waals surface area contributed by atoms with E-state index in [0.717, 1.165) is 10.3 Å². The van der Waals surface area contributed by atoms with Gasteiger partial charge < -0.3 is 5.73 Å². The van der Waals surface area contributed by atoms with Crippen molar-refractivity contribution in [1.82, 2.24) is 15.0 Å². The molecule has 1 saturated carbocycles. The first-order valence-corrected chi connectivity index (χ1v) is 5.80. The second-order valence-corrected chi connectivity index (χ2v) is 4.71. The molecule has 2 rings (SSSR count). The Balaban J connectivity index is 2.21. The van der Waals surface area contributed by atoms with E-state index < -0.39 is 0 Å². The maximum Gasteiger partial charge on any atom is 0.153 e. The molecular formula is C9H15BrN4. The molecule has 5 heteroatoms. The van der Waals surface area contributed by atoms with Crippen LogP contribution in [0.1, 0.15) is 37.4 Å². The number of hydrogen-bond acceptors (Lipinski definition) is 3. The van der Waals surface area contributed by atoms with Gasteiger partial charge in [0.1, 0.15) is 0 Å². The van der Waals surface area contributed by atoms with Gasteiger partial charge in [-0.2, -0.15) is 0 Å². The molecule has 0 amide bonds. The second kappa shape index (κ2) is 3.98. The van der Waals surface area contributed by atoms with Gasteiger partial charge in [0.05, 0.1) is 11.7 Å².